The third kappa shape index (κ3) is 5.35. The molecule has 1 amide bonds. The lowest BCUT2D eigenvalue weighted by atomic mass is 10.4. The number of amides is 1. The Morgan fingerprint density at radius 1 is 1.17 bits per heavy atom. The molecule has 3 aromatic rings. The van der Waals surface area contributed by atoms with Gasteiger partial charge in [-0.05, 0) is 6.07 Å². The number of nitrogens with zero attached hydrogens (tertiary/aromatic N) is 2. The van der Waals surface area contributed by atoms with E-state index in [2.05, 4.69) is 10.3 Å². The summed E-state index contributed by atoms with van der Waals surface area (Å²) in [4.78, 5) is 15.5. The first kappa shape index (κ1) is 16.9. The Balaban J connectivity index is 0.000000268. The molecule has 0 saturated carbocycles. The first-order valence-electron chi connectivity index (χ1n) is 6.55. The van der Waals surface area contributed by atoms with Crippen molar-refractivity contribution < 1.29 is 13.2 Å². The quantitative estimate of drug-likeness (QED) is 0.788. The van der Waals surface area contributed by atoms with Crippen molar-refractivity contribution in [3.8, 4) is 0 Å². The Morgan fingerprint density at radius 2 is 1.78 bits per heavy atom. The molecule has 0 unspecified atom stereocenters. The van der Waals surface area contributed by atoms with Crippen LogP contribution in [0, 0.1) is 0 Å². The van der Waals surface area contributed by atoms with Gasteiger partial charge in [-0.2, -0.15) is 0 Å². The highest BCUT2D eigenvalue weighted by Gasteiger charge is 2.10. The molecule has 2 heterocycles. The van der Waals surface area contributed by atoms with E-state index in [1.54, 1.807) is 10.9 Å². The standard InChI is InChI=1S/C9H9N3O3S2.C6H6/c1-17(14,15)12-3-2-7(4-12)11-9(13)8-5-16-6-10-8;1-2-4-6-5-3-1/h2-6H,1H3,(H,11,13);1-6H. The molecular formula is C15H15N3O3S2. The highest BCUT2D eigenvalue weighted by atomic mass is 32.2. The summed E-state index contributed by atoms with van der Waals surface area (Å²) in [6, 6.07) is 13.5. The lowest BCUT2D eigenvalue weighted by molar-refractivity contribution is 0.102. The normalized spacial score (nSPS) is 10.5. The number of thiazole rings is 1. The third-order valence-corrected chi connectivity index (χ3v) is 4.22. The van der Waals surface area contributed by atoms with Gasteiger partial charge in [0, 0.05) is 17.8 Å². The van der Waals surface area contributed by atoms with Crippen molar-refractivity contribution in [3.63, 3.8) is 0 Å². The third-order valence-electron chi connectivity index (χ3n) is 2.64. The Bertz CT molecular complexity index is 815. The molecule has 120 valence electrons. The smallest absolute Gasteiger partial charge is 0.275 e. The van der Waals surface area contributed by atoms with Gasteiger partial charge in [-0.25, -0.2) is 13.4 Å². The largest absolute Gasteiger partial charge is 0.319 e. The van der Waals surface area contributed by atoms with Crippen LogP contribution in [-0.2, 0) is 10.0 Å². The van der Waals surface area contributed by atoms with E-state index in [0.717, 1.165) is 10.2 Å². The van der Waals surface area contributed by atoms with Gasteiger partial charge in [-0.3, -0.25) is 8.77 Å². The number of carbonyl (C=O) groups is 1. The van der Waals surface area contributed by atoms with E-state index in [0.29, 0.717) is 11.4 Å². The van der Waals surface area contributed by atoms with E-state index in [1.807, 2.05) is 36.4 Å². The molecule has 1 N–H and O–H groups in total. The second-order valence-corrected chi connectivity index (χ2v) is 7.08. The van der Waals surface area contributed by atoms with Crippen molar-refractivity contribution in [1.29, 1.82) is 0 Å². The van der Waals surface area contributed by atoms with Gasteiger partial charge in [0.05, 0.1) is 17.5 Å². The van der Waals surface area contributed by atoms with Gasteiger partial charge >= 0.3 is 0 Å². The van der Waals surface area contributed by atoms with Crippen LogP contribution in [0.2, 0.25) is 0 Å². The van der Waals surface area contributed by atoms with Crippen molar-refractivity contribution in [2.45, 2.75) is 0 Å². The maximum atomic E-state index is 11.6. The Hall–Kier alpha value is -2.45. The molecule has 23 heavy (non-hydrogen) atoms. The number of carbonyl (C=O) groups excluding carboxylic acids is 1. The summed E-state index contributed by atoms with van der Waals surface area (Å²) in [5, 5.41) is 4.17. The van der Waals surface area contributed by atoms with Crippen LogP contribution in [-0.4, -0.2) is 29.5 Å². The minimum Gasteiger partial charge on any atom is -0.319 e. The van der Waals surface area contributed by atoms with E-state index >= 15 is 0 Å². The van der Waals surface area contributed by atoms with Crippen LogP contribution in [0.3, 0.4) is 0 Å². The van der Waals surface area contributed by atoms with Crippen LogP contribution >= 0.6 is 11.3 Å². The summed E-state index contributed by atoms with van der Waals surface area (Å²) in [6.07, 6.45) is 3.78. The summed E-state index contributed by atoms with van der Waals surface area (Å²) in [6.45, 7) is 0. The molecule has 0 aliphatic carbocycles. The van der Waals surface area contributed by atoms with Crippen LogP contribution in [0.25, 0.3) is 0 Å². The molecule has 0 saturated heterocycles. The van der Waals surface area contributed by atoms with Crippen molar-refractivity contribution in [1.82, 2.24) is 8.96 Å². The number of benzene rings is 1. The molecule has 0 aliphatic heterocycles. The van der Waals surface area contributed by atoms with E-state index < -0.39 is 10.0 Å². The lowest BCUT2D eigenvalue weighted by Crippen LogP contribution is -2.12. The summed E-state index contributed by atoms with van der Waals surface area (Å²) in [5.41, 5.74) is 2.27. The molecule has 0 radical (unpaired) electrons. The zero-order chi connectivity index (χ0) is 16.7. The van der Waals surface area contributed by atoms with Gasteiger partial charge in [0.25, 0.3) is 5.91 Å². The Labute approximate surface area is 138 Å². The van der Waals surface area contributed by atoms with E-state index in [-0.39, 0.29) is 5.91 Å². The highest BCUT2D eigenvalue weighted by molar-refractivity contribution is 7.89. The van der Waals surface area contributed by atoms with Crippen LogP contribution in [0.4, 0.5) is 5.69 Å². The van der Waals surface area contributed by atoms with Gasteiger partial charge in [0.2, 0.25) is 10.0 Å². The van der Waals surface area contributed by atoms with Gasteiger partial charge in [-0.15, -0.1) is 11.3 Å². The molecule has 1 aromatic carbocycles. The van der Waals surface area contributed by atoms with Gasteiger partial charge in [0.1, 0.15) is 5.69 Å². The molecule has 0 atom stereocenters. The summed E-state index contributed by atoms with van der Waals surface area (Å²) in [5.74, 6) is -0.363. The lowest BCUT2D eigenvalue weighted by Gasteiger charge is -1.99. The molecule has 6 nitrogen and oxygen atoms in total. The van der Waals surface area contributed by atoms with Crippen molar-refractivity contribution in [2.24, 2.45) is 0 Å². The zero-order valence-corrected chi connectivity index (χ0v) is 13.9. The maximum Gasteiger partial charge on any atom is 0.275 e. The van der Waals surface area contributed by atoms with Crippen LogP contribution in [0.5, 0.6) is 0 Å². The topological polar surface area (TPSA) is 81.1 Å². The predicted octanol–water partition coefficient (Wildman–Crippen LogP) is 2.69. The molecule has 2 aromatic heterocycles. The number of hydrogen-bond acceptors (Lipinski definition) is 5. The fourth-order valence-electron chi connectivity index (χ4n) is 1.56. The molecule has 8 heteroatoms. The molecule has 0 aliphatic rings. The molecule has 0 bridgehead atoms. The van der Waals surface area contributed by atoms with Crippen LogP contribution in [0.1, 0.15) is 10.5 Å². The zero-order valence-electron chi connectivity index (χ0n) is 12.3. The number of aromatic nitrogens is 2. The first-order valence-corrected chi connectivity index (χ1v) is 9.34. The summed E-state index contributed by atoms with van der Waals surface area (Å²) < 4.78 is 23.4. The second-order valence-electron chi connectivity index (χ2n) is 4.48. The van der Waals surface area contributed by atoms with Crippen LogP contribution < -0.4 is 5.32 Å². The minimum absolute atomic E-state index is 0.308. The summed E-state index contributed by atoms with van der Waals surface area (Å²) in [7, 11) is -3.32. The van der Waals surface area contributed by atoms with Crippen LogP contribution in [0.15, 0.2) is 65.7 Å². The average molecular weight is 349 g/mol. The van der Waals surface area contributed by atoms with Crippen molar-refractivity contribution in [3.05, 3.63) is 71.4 Å². The molecule has 0 spiro atoms. The SMILES string of the molecule is CS(=O)(=O)n1ccc(NC(=O)c2cscn2)c1.c1ccccc1. The maximum absolute atomic E-state index is 11.6. The number of nitrogens with one attached hydrogen (secondary N) is 1. The van der Waals surface area contributed by atoms with E-state index in [4.69, 9.17) is 0 Å². The Kier molecular flexibility index (Phi) is 5.67. The van der Waals surface area contributed by atoms with Gasteiger partial charge in [-0.1, -0.05) is 36.4 Å². The minimum atomic E-state index is -3.32. The first-order chi connectivity index (χ1) is 11.0. The fourth-order valence-corrected chi connectivity index (χ4v) is 2.68. The van der Waals surface area contributed by atoms with E-state index in [9.17, 15) is 13.2 Å². The second kappa shape index (κ2) is 7.70. The van der Waals surface area contributed by atoms with E-state index in [1.165, 1.54) is 29.8 Å². The Morgan fingerprint density at radius 3 is 2.22 bits per heavy atom. The molecule has 3 rings (SSSR count). The number of hydrogen-bond donors (Lipinski definition) is 1. The van der Waals surface area contributed by atoms with Gasteiger partial charge in [0.15, 0.2) is 0 Å². The van der Waals surface area contributed by atoms with Gasteiger partial charge < -0.3 is 5.32 Å². The predicted molar refractivity (Wildman–Crippen MR) is 91.2 cm³/mol. The molecule has 0 fully saturated rings. The van der Waals surface area contributed by atoms with Crippen molar-refractivity contribution in [2.75, 3.05) is 11.6 Å². The number of anilines is 1. The highest BCUT2D eigenvalue weighted by Crippen LogP contribution is 2.11. The molecular weight excluding hydrogens is 334 g/mol. The monoisotopic (exact) mass is 349 g/mol. The van der Waals surface area contributed by atoms with Crippen molar-refractivity contribution >= 4 is 33.0 Å². The number of rotatable bonds is 3. The summed E-state index contributed by atoms with van der Waals surface area (Å²) >= 11 is 1.31. The fraction of sp³-hybridized carbons (Fsp3) is 0.0667. The average Bonchev–Trinajstić information content (AvgIpc) is 3.20.